The summed E-state index contributed by atoms with van der Waals surface area (Å²) in [6.07, 6.45) is 4.09. The number of nitrogens with one attached hydrogen (secondary N) is 1. The van der Waals surface area contributed by atoms with Crippen molar-refractivity contribution in [2.24, 2.45) is 0 Å². The van der Waals surface area contributed by atoms with E-state index in [0.29, 0.717) is 11.8 Å². The summed E-state index contributed by atoms with van der Waals surface area (Å²) in [7, 11) is 0. The van der Waals surface area contributed by atoms with Gasteiger partial charge in [0.2, 0.25) is 5.91 Å². The number of carbonyl (C=O) groups is 1. The Hall–Kier alpha value is 0.300. The third kappa shape index (κ3) is 6.98. The average molecular weight is 254 g/mol. The maximum absolute atomic E-state index is 11.1. The highest BCUT2D eigenvalue weighted by atomic mass is 79.9. The molecular weight excluding hydrogens is 238 g/mol. The highest BCUT2D eigenvalue weighted by Crippen LogP contribution is 1.99. The van der Waals surface area contributed by atoms with Gasteiger partial charge in [-0.3, -0.25) is 4.79 Å². The highest BCUT2D eigenvalue weighted by molar-refractivity contribution is 9.09. The molecule has 0 rings (SSSR count). The van der Waals surface area contributed by atoms with Gasteiger partial charge in [-0.05, 0) is 26.0 Å². The maximum atomic E-state index is 11.1. The topological polar surface area (TPSA) is 29.1 Å². The Morgan fingerprint density at radius 1 is 1.67 bits per heavy atom. The van der Waals surface area contributed by atoms with Gasteiger partial charge in [0, 0.05) is 11.4 Å². The number of alkyl halides is 1. The summed E-state index contributed by atoms with van der Waals surface area (Å²) in [5.74, 6) is 0.711. The molecule has 1 amide bonds. The first kappa shape index (κ1) is 12.3. The van der Waals surface area contributed by atoms with Crippen molar-refractivity contribution in [2.75, 3.05) is 17.3 Å². The normalized spacial score (nSPS) is 12.6. The lowest BCUT2D eigenvalue weighted by Gasteiger charge is -2.12. The van der Waals surface area contributed by atoms with Crippen molar-refractivity contribution in [3.8, 4) is 0 Å². The number of rotatable bonds is 6. The molecule has 1 N–H and O–H groups in total. The molecular formula is C8H16BrNOS. The van der Waals surface area contributed by atoms with Gasteiger partial charge in [-0.2, -0.15) is 11.8 Å². The first-order chi connectivity index (χ1) is 5.70. The van der Waals surface area contributed by atoms with Crippen LogP contribution in [0.3, 0.4) is 0 Å². The third-order valence-corrected chi connectivity index (χ3v) is 2.57. The fraction of sp³-hybridized carbons (Fsp3) is 0.875. The third-order valence-electron chi connectivity index (χ3n) is 1.45. The minimum Gasteiger partial charge on any atom is -0.353 e. The number of hydrogen-bond acceptors (Lipinski definition) is 2. The van der Waals surface area contributed by atoms with Crippen LogP contribution in [-0.4, -0.2) is 29.3 Å². The predicted molar refractivity (Wildman–Crippen MR) is 59.0 cm³/mol. The number of carbonyl (C=O) groups excluding carboxylic acids is 1. The van der Waals surface area contributed by atoms with Crippen LogP contribution in [0, 0.1) is 0 Å². The Balaban J connectivity index is 3.40. The molecule has 1 atom stereocenters. The first-order valence-corrected chi connectivity index (χ1v) is 6.56. The fourth-order valence-corrected chi connectivity index (χ4v) is 1.57. The van der Waals surface area contributed by atoms with Crippen LogP contribution in [0.15, 0.2) is 0 Å². The van der Waals surface area contributed by atoms with Crippen LogP contribution in [0.1, 0.15) is 19.8 Å². The molecule has 0 heterocycles. The van der Waals surface area contributed by atoms with Crippen LogP contribution in [0.4, 0.5) is 0 Å². The van der Waals surface area contributed by atoms with Crippen LogP contribution in [0.25, 0.3) is 0 Å². The quantitative estimate of drug-likeness (QED) is 0.735. The molecule has 0 aliphatic rings. The Bertz CT molecular complexity index is 132. The molecule has 0 saturated carbocycles. The van der Waals surface area contributed by atoms with Gasteiger partial charge < -0.3 is 5.32 Å². The van der Waals surface area contributed by atoms with E-state index < -0.39 is 0 Å². The lowest BCUT2D eigenvalue weighted by Crippen LogP contribution is -2.33. The molecule has 0 bridgehead atoms. The zero-order chi connectivity index (χ0) is 9.40. The van der Waals surface area contributed by atoms with Gasteiger partial charge in [-0.15, -0.1) is 0 Å². The molecule has 1 unspecified atom stereocenters. The Labute approximate surface area is 87.0 Å². The summed E-state index contributed by atoms with van der Waals surface area (Å²) in [5, 5.41) is 3.94. The minimum atomic E-state index is 0.143. The summed E-state index contributed by atoms with van der Waals surface area (Å²) < 4.78 is 0. The zero-order valence-corrected chi connectivity index (χ0v) is 10.0. The van der Waals surface area contributed by atoms with E-state index in [1.165, 1.54) is 0 Å². The SMILES string of the molecule is CSCC(=O)NC(C)CCCBr. The average Bonchev–Trinajstić information content (AvgIpc) is 2.01. The van der Waals surface area contributed by atoms with E-state index in [-0.39, 0.29) is 5.91 Å². The molecule has 0 radical (unpaired) electrons. The highest BCUT2D eigenvalue weighted by Gasteiger charge is 2.05. The molecule has 72 valence electrons. The van der Waals surface area contributed by atoms with E-state index in [9.17, 15) is 4.79 Å². The minimum absolute atomic E-state index is 0.143. The van der Waals surface area contributed by atoms with E-state index >= 15 is 0 Å². The molecule has 4 heteroatoms. The van der Waals surface area contributed by atoms with Crippen LogP contribution in [0.5, 0.6) is 0 Å². The first-order valence-electron chi connectivity index (χ1n) is 4.05. The molecule has 0 aliphatic carbocycles. The van der Waals surface area contributed by atoms with Crippen LogP contribution >= 0.6 is 27.7 Å². The Morgan fingerprint density at radius 3 is 2.83 bits per heavy atom. The summed E-state index contributed by atoms with van der Waals surface area (Å²) in [4.78, 5) is 11.1. The summed E-state index contributed by atoms with van der Waals surface area (Å²) in [6.45, 7) is 2.04. The van der Waals surface area contributed by atoms with Gasteiger partial charge in [0.1, 0.15) is 0 Å². The summed E-state index contributed by atoms with van der Waals surface area (Å²) in [6, 6.07) is 0.308. The van der Waals surface area contributed by atoms with Crippen molar-refractivity contribution in [3.05, 3.63) is 0 Å². The van der Waals surface area contributed by atoms with Crippen molar-refractivity contribution < 1.29 is 4.79 Å². The van der Waals surface area contributed by atoms with Crippen molar-refractivity contribution in [1.82, 2.24) is 5.32 Å². The standard InChI is InChI=1S/C8H16BrNOS/c1-7(4-3-5-9)10-8(11)6-12-2/h7H,3-6H2,1-2H3,(H,10,11). The van der Waals surface area contributed by atoms with E-state index in [1.54, 1.807) is 11.8 Å². The molecule has 0 aliphatic heterocycles. The second kappa shape index (κ2) is 7.92. The van der Waals surface area contributed by atoms with Gasteiger partial charge in [-0.25, -0.2) is 0 Å². The van der Waals surface area contributed by atoms with Gasteiger partial charge in [0.05, 0.1) is 5.75 Å². The summed E-state index contributed by atoms with van der Waals surface area (Å²) >= 11 is 4.91. The molecule has 0 saturated heterocycles. The van der Waals surface area contributed by atoms with Crippen molar-refractivity contribution in [2.45, 2.75) is 25.8 Å². The Morgan fingerprint density at radius 2 is 2.33 bits per heavy atom. The van der Waals surface area contributed by atoms with Crippen molar-refractivity contribution in [3.63, 3.8) is 0 Å². The van der Waals surface area contributed by atoms with Crippen LogP contribution < -0.4 is 5.32 Å². The maximum Gasteiger partial charge on any atom is 0.230 e. The van der Waals surface area contributed by atoms with Crippen LogP contribution in [-0.2, 0) is 4.79 Å². The molecule has 0 aromatic heterocycles. The zero-order valence-electron chi connectivity index (χ0n) is 7.60. The van der Waals surface area contributed by atoms with Crippen molar-refractivity contribution >= 4 is 33.6 Å². The smallest absolute Gasteiger partial charge is 0.230 e. The molecule has 0 fully saturated rings. The predicted octanol–water partition coefficient (Wildman–Crippen LogP) is 2.03. The van der Waals surface area contributed by atoms with Gasteiger partial charge in [-0.1, -0.05) is 15.9 Å². The Kier molecular flexibility index (Phi) is 8.12. The number of amides is 1. The number of thioether (sulfide) groups is 1. The lowest BCUT2D eigenvalue weighted by molar-refractivity contribution is -0.119. The van der Waals surface area contributed by atoms with Gasteiger partial charge >= 0.3 is 0 Å². The van der Waals surface area contributed by atoms with E-state index in [4.69, 9.17) is 0 Å². The largest absolute Gasteiger partial charge is 0.353 e. The number of hydrogen-bond donors (Lipinski definition) is 1. The second-order valence-corrected chi connectivity index (χ2v) is 4.39. The molecule has 2 nitrogen and oxygen atoms in total. The molecule has 12 heavy (non-hydrogen) atoms. The van der Waals surface area contributed by atoms with Crippen molar-refractivity contribution in [1.29, 1.82) is 0 Å². The number of halogens is 1. The molecule has 0 spiro atoms. The second-order valence-electron chi connectivity index (χ2n) is 2.73. The van der Waals surface area contributed by atoms with E-state index in [0.717, 1.165) is 18.2 Å². The lowest BCUT2D eigenvalue weighted by atomic mass is 10.2. The fourth-order valence-electron chi connectivity index (χ4n) is 0.903. The van der Waals surface area contributed by atoms with E-state index in [1.807, 2.05) is 13.2 Å². The monoisotopic (exact) mass is 253 g/mol. The van der Waals surface area contributed by atoms with Crippen LogP contribution in [0.2, 0.25) is 0 Å². The van der Waals surface area contributed by atoms with Gasteiger partial charge in [0.25, 0.3) is 0 Å². The van der Waals surface area contributed by atoms with Gasteiger partial charge in [0.15, 0.2) is 0 Å². The summed E-state index contributed by atoms with van der Waals surface area (Å²) in [5.41, 5.74) is 0. The molecule has 0 aromatic carbocycles. The molecule has 0 aromatic rings. The van der Waals surface area contributed by atoms with E-state index in [2.05, 4.69) is 21.2 Å².